The van der Waals surface area contributed by atoms with Crippen molar-refractivity contribution in [2.45, 2.75) is 73.2 Å². The van der Waals surface area contributed by atoms with Gasteiger partial charge in [-0.1, -0.05) is 11.6 Å². The molecule has 41 heavy (non-hydrogen) atoms. The van der Waals surface area contributed by atoms with E-state index in [2.05, 4.69) is 10.2 Å². The fraction of sp³-hybridized carbons (Fsp3) is 0.467. The van der Waals surface area contributed by atoms with E-state index < -0.39 is 5.60 Å². The fourth-order valence-corrected chi connectivity index (χ4v) is 4.50. The first-order chi connectivity index (χ1) is 19.4. The highest BCUT2D eigenvalue weighted by molar-refractivity contribution is 6.05. The average molecular weight is 561 g/mol. The second-order valence-electron chi connectivity index (χ2n) is 11.4. The highest BCUT2D eigenvalue weighted by Gasteiger charge is 2.22. The van der Waals surface area contributed by atoms with Crippen molar-refractivity contribution in [2.75, 3.05) is 20.6 Å². The zero-order valence-electron chi connectivity index (χ0n) is 25.3. The van der Waals surface area contributed by atoms with Crippen LogP contribution in [0.2, 0.25) is 0 Å². The number of hydrogen-bond donors (Lipinski definition) is 0. The van der Waals surface area contributed by atoms with Crippen molar-refractivity contribution in [1.29, 1.82) is 0 Å². The van der Waals surface area contributed by atoms with Crippen LogP contribution in [0.3, 0.4) is 0 Å². The molecule has 4 aromatic rings. The first-order valence-corrected chi connectivity index (χ1v) is 13.9. The number of benzene rings is 1. The Balaban J connectivity index is 1.53. The minimum atomic E-state index is -0.535. The van der Waals surface area contributed by atoms with E-state index in [1.54, 1.807) is 34.8 Å². The third kappa shape index (κ3) is 7.08. The third-order valence-corrected chi connectivity index (χ3v) is 6.79. The molecule has 1 aromatic carbocycles. The Kier molecular flexibility index (Phi) is 8.74. The second-order valence-corrected chi connectivity index (χ2v) is 11.4. The number of rotatable bonds is 9. The highest BCUT2D eigenvalue weighted by Crippen LogP contribution is 2.24. The molecule has 11 heteroatoms. The lowest BCUT2D eigenvalue weighted by Crippen LogP contribution is -2.35. The van der Waals surface area contributed by atoms with Gasteiger partial charge in [-0.25, -0.2) is 14.8 Å². The van der Waals surface area contributed by atoms with E-state index in [9.17, 15) is 9.59 Å². The number of carbonyl (C=O) groups is 2. The van der Waals surface area contributed by atoms with Crippen LogP contribution in [0.1, 0.15) is 61.4 Å². The number of nitrogens with zero attached hydrogens (tertiary/aromatic N) is 8. The maximum absolute atomic E-state index is 13.7. The largest absolute Gasteiger partial charge is 0.444 e. The lowest BCUT2D eigenvalue weighted by atomic mass is 10.1. The molecule has 0 aliphatic rings. The molecular formula is C30H40N8O3. The Morgan fingerprint density at radius 1 is 1.02 bits per heavy atom. The lowest BCUT2D eigenvalue weighted by molar-refractivity contribution is 0.0295. The fourth-order valence-electron chi connectivity index (χ4n) is 4.50. The summed E-state index contributed by atoms with van der Waals surface area (Å²) < 4.78 is 9.13. The molecule has 0 saturated carbocycles. The van der Waals surface area contributed by atoms with Gasteiger partial charge in [0.1, 0.15) is 11.3 Å². The molecule has 2 amide bonds. The molecule has 3 heterocycles. The molecule has 0 spiro atoms. The highest BCUT2D eigenvalue weighted by atomic mass is 16.6. The summed E-state index contributed by atoms with van der Waals surface area (Å²) in [4.78, 5) is 38.7. The Labute approximate surface area is 241 Å². The summed E-state index contributed by atoms with van der Waals surface area (Å²) in [5.41, 5.74) is 4.28. The molecule has 0 aliphatic carbocycles. The summed E-state index contributed by atoms with van der Waals surface area (Å²) in [6, 6.07) is 5.84. The quantitative estimate of drug-likeness (QED) is 0.288. The topological polar surface area (TPSA) is 111 Å². The number of fused-ring (bicyclic) bond motifs is 1. The molecule has 0 atom stereocenters. The van der Waals surface area contributed by atoms with Gasteiger partial charge < -0.3 is 14.5 Å². The zero-order chi connectivity index (χ0) is 29.9. The smallest absolute Gasteiger partial charge is 0.410 e. The summed E-state index contributed by atoms with van der Waals surface area (Å²) in [6.45, 7) is 13.9. The molecule has 0 unspecified atom stereocenters. The van der Waals surface area contributed by atoms with Gasteiger partial charge in [-0.05, 0) is 60.1 Å². The first-order valence-electron chi connectivity index (χ1n) is 13.9. The van der Waals surface area contributed by atoms with Crippen LogP contribution in [-0.4, -0.2) is 77.6 Å². The maximum atomic E-state index is 13.7. The van der Waals surface area contributed by atoms with Crippen LogP contribution in [0, 0.1) is 13.8 Å². The van der Waals surface area contributed by atoms with Crippen LogP contribution in [0.15, 0.2) is 36.8 Å². The van der Waals surface area contributed by atoms with E-state index in [4.69, 9.17) is 14.7 Å². The van der Waals surface area contributed by atoms with Crippen LogP contribution in [-0.2, 0) is 24.4 Å². The summed E-state index contributed by atoms with van der Waals surface area (Å²) >= 11 is 0. The molecule has 0 bridgehead atoms. The zero-order valence-corrected chi connectivity index (χ0v) is 25.3. The standard InChI is InChI=1S/C30H40N8O3/c1-9-38-21(3)22(16-32-38)18-36(8)28(39)26-24-15-20(2)11-12-25(24)33-27(34-26)23-17-31-37(19-23)14-10-13-35(7)29(40)41-30(4,5)6/h11-12,15-17,19H,9-10,13-14,18H2,1-8H3. The Bertz CT molecular complexity index is 1550. The van der Waals surface area contributed by atoms with Gasteiger partial charge in [0.05, 0.1) is 23.5 Å². The molecule has 11 nitrogen and oxygen atoms in total. The van der Waals surface area contributed by atoms with Crippen molar-refractivity contribution in [3.05, 3.63) is 59.3 Å². The molecule has 0 radical (unpaired) electrons. The van der Waals surface area contributed by atoms with E-state index in [-0.39, 0.29) is 12.0 Å². The van der Waals surface area contributed by atoms with Crippen LogP contribution in [0.4, 0.5) is 4.79 Å². The van der Waals surface area contributed by atoms with Gasteiger partial charge in [-0.2, -0.15) is 10.2 Å². The van der Waals surface area contributed by atoms with Gasteiger partial charge in [-0.15, -0.1) is 0 Å². The van der Waals surface area contributed by atoms with Crippen molar-refractivity contribution >= 4 is 22.9 Å². The number of amides is 2. The van der Waals surface area contributed by atoms with Crippen molar-refractivity contribution in [3.8, 4) is 11.4 Å². The van der Waals surface area contributed by atoms with Crippen LogP contribution in [0.25, 0.3) is 22.3 Å². The van der Waals surface area contributed by atoms with Gasteiger partial charge >= 0.3 is 6.09 Å². The number of ether oxygens (including phenoxy) is 1. The molecule has 3 aromatic heterocycles. The Hall–Kier alpha value is -4.28. The van der Waals surface area contributed by atoms with Crippen molar-refractivity contribution in [3.63, 3.8) is 0 Å². The van der Waals surface area contributed by atoms with E-state index in [0.29, 0.717) is 54.0 Å². The molecule has 0 N–H and O–H groups in total. The second kappa shape index (κ2) is 12.1. The number of hydrogen-bond acceptors (Lipinski definition) is 7. The first kappa shape index (κ1) is 29.7. The average Bonchev–Trinajstić information content (AvgIpc) is 3.53. The SMILES string of the molecule is CCn1ncc(CN(C)C(=O)c2nc(-c3cnn(CCCN(C)C(=O)OC(C)(C)C)c3)nc3ccc(C)cc23)c1C. The van der Waals surface area contributed by atoms with E-state index >= 15 is 0 Å². The third-order valence-electron chi connectivity index (χ3n) is 6.79. The van der Waals surface area contributed by atoms with Crippen molar-refractivity contribution in [1.82, 2.24) is 39.3 Å². The minimum absolute atomic E-state index is 0.189. The van der Waals surface area contributed by atoms with Gasteiger partial charge in [-0.3, -0.25) is 14.2 Å². The van der Waals surface area contributed by atoms with Crippen LogP contribution < -0.4 is 0 Å². The maximum Gasteiger partial charge on any atom is 0.410 e. The normalized spacial score (nSPS) is 11.6. The Morgan fingerprint density at radius 3 is 2.46 bits per heavy atom. The molecule has 218 valence electrons. The summed E-state index contributed by atoms with van der Waals surface area (Å²) in [7, 11) is 3.50. The van der Waals surface area contributed by atoms with Gasteiger partial charge in [0.2, 0.25) is 0 Å². The lowest BCUT2D eigenvalue weighted by Gasteiger charge is -2.24. The molecule has 0 aliphatic heterocycles. The van der Waals surface area contributed by atoms with E-state index in [0.717, 1.165) is 23.4 Å². The monoisotopic (exact) mass is 560 g/mol. The molecule has 4 rings (SSSR count). The predicted octanol–water partition coefficient (Wildman–Crippen LogP) is 4.86. The van der Waals surface area contributed by atoms with Gasteiger partial charge in [0.15, 0.2) is 5.82 Å². The van der Waals surface area contributed by atoms with Gasteiger partial charge in [0.25, 0.3) is 5.91 Å². The number of aromatic nitrogens is 6. The predicted molar refractivity (Wildman–Crippen MR) is 157 cm³/mol. The minimum Gasteiger partial charge on any atom is -0.444 e. The van der Waals surface area contributed by atoms with Gasteiger partial charge in [0, 0.05) is 63.1 Å². The molecular weight excluding hydrogens is 520 g/mol. The summed E-state index contributed by atoms with van der Waals surface area (Å²) in [5.74, 6) is 0.246. The molecule has 0 fully saturated rings. The van der Waals surface area contributed by atoms with Crippen LogP contribution in [0.5, 0.6) is 0 Å². The summed E-state index contributed by atoms with van der Waals surface area (Å²) in [5, 5.41) is 9.59. The van der Waals surface area contributed by atoms with E-state index in [1.807, 2.05) is 76.8 Å². The van der Waals surface area contributed by atoms with E-state index in [1.165, 1.54) is 0 Å². The van der Waals surface area contributed by atoms with Crippen LogP contribution >= 0.6 is 0 Å². The van der Waals surface area contributed by atoms with Crippen molar-refractivity contribution in [2.24, 2.45) is 0 Å². The summed E-state index contributed by atoms with van der Waals surface area (Å²) in [6.07, 6.45) is 5.72. The molecule has 0 saturated heterocycles. The van der Waals surface area contributed by atoms with Crippen molar-refractivity contribution < 1.29 is 14.3 Å². The number of carbonyl (C=O) groups excluding carboxylic acids is 2. The number of aryl methyl sites for hydroxylation is 3. The Morgan fingerprint density at radius 2 is 1.78 bits per heavy atom.